The van der Waals surface area contributed by atoms with Gasteiger partial charge in [0.05, 0.1) is 13.2 Å². The number of nitrogens with zero attached hydrogens (tertiary/aromatic N) is 2. The Labute approximate surface area is 160 Å². The molecule has 24 heavy (non-hydrogen) atoms. The summed E-state index contributed by atoms with van der Waals surface area (Å²) in [6.07, 6.45) is 2.61. The number of aromatic nitrogens is 1. The summed E-state index contributed by atoms with van der Waals surface area (Å²) in [5.74, 6) is 0.451. The summed E-state index contributed by atoms with van der Waals surface area (Å²) in [5.41, 5.74) is 9.25. The Morgan fingerprint density at radius 1 is 1.17 bits per heavy atom. The van der Waals surface area contributed by atoms with Gasteiger partial charge in [0, 0.05) is 31.5 Å². The molecule has 1 aromatic heterocycles. The van der Waals surface area contributed by atoms with Gasteiger partial charge in [-0.25, -0.2) is 4.99 Å². The van der Waals surface area contributed by atoms with Crippen LogP contribution in [0, 0.1) is 0 Å². The van der Waals surface area contributed by atoms with E-state index in [1.807, 2.05) is 37.3 Å². The van der Waals surface area contributed by atoms with E-state index < -0.39 is 0 Å². The topological polar surface area (TPSA) is 72.5 Å². The summed E-state index contributed by atoms with van der Waals surface area (Å²) in [7, 11) is 0. The predicted octanol–water partition coefficient (Wildman–Crippen LogP) is 2.88. The first kappa shape index (κ1) is 20.4. The molecule has 0 saturated carbocycles. The first-order valence-corrected chi connectivity index (χ1v) is 7.88. The number of benzene rings is 1. The molecule has 0 atom stereocenters. The molecule has 3 N–H and O–H groups in total. The Morgan fingerprint density at radius 2 is 1.92 bits per heavy atom. The lowest BCUT2D eigenvalue weighted by Crippen LogP contribution is -2.33. The molecule has 0 fully saturated rings. The van der Waals surface area contributed by atoms with E-state index >= 15 is 0 Å². The Kier molecular flexibility index (Phi) is 10.0. The summed E-state index contributed by atoms with van der Waals surface area (Å²) < 4.78 is 5.48. The highest BCUT2D eigenvalue weighted by Crippen LogP contribution is 2.11. The SMILES string of the molecule is CCOCc1ccccc1CN=C(N)NCCc1ccccn1.I. The molecule has 0 aliphatic heterocycles. The Morgan fingerprint density at radius 3 is 2.62 bits per heavy atom. The quantitative estimate of drug-likeness (QED) is 0.376. The van der Waals surface area contributed by atoms with Gasteiger partial charge in [0.25, 0.3) is 0 Å². The minimum atomic E-state index is 0. The summed E-state index contributed by atoms with van der Waals surface area (Å²) >= 11 is 0. The van der Waals surface area contributed by atoms with E-state index in [4.69, 9.17) is 10.5 Å². The van der Waals surface area contributed by atoms with Gasteiger partial charge in [-0.2, -0.15) is 0 Å². The molecule has 5 nitrogen and oxygen atoms in total. The normalized spacial score (nSPS) is 11.0. The molecule has 1 aromatic carbocycles. The van der Waals surface area contributed by atoms with Gasteiger partial charge in [0.2, 0.25) is 0 Å². The molecule has 2 aromatic rings. The molecule has 0 spiro atoms. The van der Waals surface area contributed by atoms with Crippen molar-refractivity contribution in [1.82, 2.24) is 10.3 Å². The van der Waals surface area contributed by atoms with Crippen molar-refractivity contribution in [2.75, 3.05) is 13.2 Å². The van der Waals surface area contributed by atoms with Crippen molar-refractivity contribution >= 4 is 29.9 Å². The third-order valence-corrected chi connectivity index (χ3v) is 3.41. The number of aliphatic imine (C=N–C) groups is 1. The maximum Gasteiger partial charge on any atom is 0.188 e. The number of rotatable bonds is 8. The van der Waals surface area contributed by atoms with E-state index in [-0.39, 0.29) is 24.0 Å². The molecule has 0 saturated heterocycles. The zero-order valence-electron chi connectivity index (χ0n) is 13.9. The largest absolute Gasteiger partial charge is 0.377 e. The highest BCUT2D eigenvalue weighted by atomic mass is 127. The minimum Gasteiger partial charge on any atom is -0.377 e. The first-order chi connectivity index (χ1) is 11.3. The molecule has 0 unspecified atom stereocenters. The molecule has 130 valence electrons. The van der Waals surface area contributed by atoms with Crippen molar-refractivity contribution in [3.63, 3.8) is 0 Å². The highest BCUT2D eigenvalue weighted by Gasteiger charge is 2.01. The van der Waals surface area contributed by atoms with E-state index in [1.54, 1.807) is 6.20 Å². The maximum atomic E-state index is 5.92. The standard InChI is InChI=1S/C18H24N4O.HI/c1-2-23-14-16-8-4-3-7-15(16)13-22-18(19)21-12-10-17-9-5-6-11-20-17;/h3-9,11H,2,10,12-14H2,1H3,(H3,19,21,22);1H. The van der Waals surface area contributed by atoms with Crippen molar-refractivity contribution in [2.45, 2.75) is 26.5 Å². The summed E-state index contributed by atoms with van der Waals surface area (Å²) in [6.45, 7) is 4.56. The second-order valence-corrected chi connectivity index (χ2v) is 5.11. The van der Waals surface area contributed by atoms with Gasteiger partial charge in [-0.05, 0) is 30.2 Å². The molecule has 0 aliphatic rings. The van der Waals surface area contributed by atoms with Crippen molar-refractivity contribution in [1.29, 1.82) is 0 Å². The molecule has 0 bridgehead atoms. The second-order valence-electron chi connectivity index (χ2n) is 5.11. The fraction of sp³-hybridized carbons (Fsp3) is 0.333. The number of guanidine groups is 1. The lowest BCUT2D eigenvalue weighted by atomic mass is 10.1. The number of ether oxygens (including phenoxy) is 1. The van der Waals surface area contributed by atoms with Gasteiger partial charge in [-0.15, -0.1) is 24.0 Å². The number of hydrogen-bond acceptors (Lipinski definition) is 3. The summed E-state index contributed by atoms with van der Waals surface area (Å²) in [6, 6.07) is 14.0. The number of nitrogens with two attached hydrogens (primary N) is 1. The van der Waals surface area contributed by atoms with Crippen molar-refractivity contribution < 1.29 is 4.74 Å². The number of halogens is 1. The lowest BCUT2D eigenvalue weighted by molar-refractivity contribution is 0.133. The van der Waals surface area contributed by atoms with Gasteiger partial charge in [0.15, 0.2) is 5.96 Å². The van der Waals surface area contributed by atoms with Crippen LogP contribution in [0.2, 0.25) is 0 Å². The molecule has 0 aliphatic carbocycles. The van der Waals surface area contributed by atoms with E-state index in [1.165, 1.54) is 0 Å². The Bertz CT molecular complexity index is 619. The third kappa shape index (κ3) is 7.27. The van der Waals surface area contributed by atoms with Gasteiger partial charge < -0.3 is 15.8 Å². The third-order valence-electron chi connectivity index (χ3n) is 3.41. The monoisotopic (exact) mass is 440 g/mol. The Hall–Kier alpha value is -1.67. The predicted molar refractivity (Wildman–Crippen MR) is 108 cm³/mol. The van der Waals surface area contributed by atoms with Gasteiger partial charge in [-0.3, -0.25) is 4.98 Å². The lowest BCUT2D eigenvalue weighted by Gasteiger charge is -2.09. The maximum absolute atomic E-state index is 5.92. The highest BCUT2D eigenvalue weighted by molar-refractivity contribution is 14.0. The van der Waals surface area contributed by atoms with Crippen LogP contribution in [-0.4, -0.2) is 24.1 Å². The van der Waals surface area contributed by atoms with E-state index in [2.05, 4.69) is 27.4 Å². The summed E-state index contributed by atoms with van der Waals surface area (Å²) in [5, 5.41) is 3.12. The molecule has 6 heteroatoms. The molecule has 0 radical (unpaired) electrons. The van der Waals surface area contributed by atoms with E-state index in [9.17, 15) is 0 Å². The van der Waals surface area contributed by atoms with Crippen LogP contribution in [0.1, 0.15) is 23.7 Å². The molecule has 1 heterocycles. The van der Waals surface area contributed by atoms with Crippen LogP contribution < -0.4 is 11.1 Å². The minimum absolute atomic E-state index is 0. The van der Waals surface area contributed by atoms with Crippen LogP contribution in [0.5, 0.6) is 0 Å². The molecule has 0 amide bonds. The fourth-order valence-corrected chi connectivity index (χ4v) is 2.16. The van der Waals surface area contributed by atoms with Gasteiger partial charge >= 0.3 is 0 Å². The van der Waals surface area contributed by atoms with E-state index in [0.29, 0.717) is 32.3 Å². The zero-order valence-corrected chi connectivity index (χ0v) is 16.3. The number of hydrogen-bond donors (Lipinski definition) is 2. The molecular weight excluding hydrogens is 415 g/mol. The van der Waals surface area contributed by atoms with Crippen LogP contribution >= 0.6 is 24.0 Å². The van der Waals surface area contributed by atoms with E-state index in [0.717, 1.165) is 23.2 Å². The van der Waals surface area contributed by atoms with Gasteiger partial charge in [-0.1, -0.05) is 30.3 Å². The van der Waals surface area contributed by atoms with Crippen LogP contribution in [0.3, 0.4) is 0 Å². The molecular formula is C18H25IN4O. The average Bonchev–Trinajstić information content (AvgIpc) is 2.60. The number of nitrogens with one attached hydrogen (secondary N) is 1. The van der Waals surface area contributed by atoms with Crippen molar-refractivity contribution in [2.24, 2.45) is 10.7 Å². The van der Waals surface area contributed by atoms with Crippen LogP contribution in [0.15, 0.2) is 53.7 Å². The van der Waals surface area contributed by atoms with Crippen LogP contribution in [0.4, 0.5) is 0 Å². The van der Waals surface area contributed by atoms with Crippen LogP contribution in [0.25, 0.3) is 0 Å². The smallest absolute Gasteiger partial charge is 0.188 e. The van der Waals surface area contributed by atoms with Crippen molar-refractivity contribution in [3.8, 4) is 0 Å². The average molecular weight is 440 g/mol. The zero-order chi connectivity index (χ0) is 16.3. The molecule has 2 rings (SSSR count). The first-order valence-electron chi connectivity index (χ1n) is 7.88. The fourth-order valence-electron chi connectivity index (χ4n) is 2.16. The van der Waals surface area contributed by atoms with Gasteiger partial charge in [0.1, 0.15) is 0 Å². The second kappa shape index (κ2) is 11.8. The number of pyridine rings is 1. The van der Waals surface area contributed by atoms with Crippen LogP contribution in [-0.2, 0) is 24.3 Å². The summed E-state index contributed by atoms with van der Waals surface area (Å²) in [4.78, 5) is 8.68. The van der Waals surface area contributed by atoms with Crippen molar-refractivity contribution in [3.05, 3.63) is 65.5 Å². The Balaban J connectivity index is 0.00000288.